The Morgan fingerprint density at radius 1 is 1.23 bits per heavy atom. The Hall–Kier alpha value is -3.23. The lowest BCUT2D eigenvalue weighted by Crippen LogP contribution is -2.48. The van der Waals surface area contributed by atoms with Crippen LogP contribution in [0.3, 0.4) is 0 Å². The van der Waals surface area contributed by atoms with Crippen molar-refractivity contribution >= 4 is 17.8 Å². The first kappa shape index (κ1) is 17.6. The molecule has 1 N–H and O–H groups in total. The summed E-state index contributed by atoms with van der Waals surface area (Å²) >= 11 is 0. The minimum Gasteiger partial charge on any atom is -0.480 e. The first-order valence-electron chi connectivity index (χ1n) is 8.07. The highest BCUT2D eigenvalue weighted by atomic mass is 16.4. The average Bonchev–Trinajstić information content (AvgIpc) is 3.08. The topological polar surface area (TPSA) is 109 Å². The quantitative estimate of drug-likeness (QED) is 0.826. The van der Waals surface area contributed by atoms with E-state index in [0.29, 0.717) is 0 Å². The number of carbonyl (C=O) groups is 3. The number of aromatic nitrogens is 3. The van der Waals surface area contributed by atoms with Gasteiger partial charge in [0.15, 0.2) is 5.69 Å². The number of hydrogen-bond acceptors (Lipinski definition) is 5. The number of nitrogens with zero attached hydrogens (tertiary/aromatic N) is 5. The molecule has 3 rings (SSSR count). The molecule has 0 fully saturated rings. The highest BCUT2D eigenvalue weighted by molar-refractivity contribution is 5.95. The van der Waals surface area contributed by atoms with Crippen LogP contribution in [0.4, 0.5) is 0 Å². The summed E-state index contributed by atoms with van der Waals surface area (Å²) in [5, 5.41) is 17.1. The maximum absolute atomic E-state index is 12.8. The molecular weight excluding hydrogens is 338 g/mol. The number of carbonyl (C=O) groups excluding carboxylic acids is 2. The van der Waals surface area contributed by atoms with Crippen LogP contribution in [-0.4, -0.2) is 67.8 Å². The fourth-order valence-corrected chi connectivity index (χ4v) is 2.86. The van der Waals surface area contributed by atoms with Crippen LogP contribution >= 0.6 is 0 Å². The molecule has 1 aliphatic heterocycles. The predicted molar refractivity (Wildman–Crippen MR) is 90.2 cm³/mol. The molecule has 26 heavy (non-hydrogen) atoms. The molecule has 0 radical (unpaired) electrons. The van der Waals surface area contributed by atoms with Crippen molar-refractivity contribution in [1.29, 1.82) is 0 Å². The van der Waals surface area contributed by atoms with Gasteiger partial charge in [-0.3, -0.25) is 9.59 Å². The highest BCUT2D eigenvalue weighted by Crippen LogP contribution is 2.24. The molecule has 1 aliphatic rings. The summed E-state index contributed by atoms with van der Waals surface area (Å²) in [7, 11) is 3.24. The van der Waals surface area contributed by atoms with E-state index in [2.05, 4.69) is 10.3 Å². The molecule has 1 unspecified atom stereocenters. The van der Waals surface area contributed by atoms with E-state index in [1.54, 1.807) is 14.1 Å². The van der Waals surface area contributed by atoms with Gasteiger partial charge in [0.05, 0.1) is 6.20 Å². The van der Waals surface area contributed by atoms with Crippen molar-refractivity contribution < 1.29 is 19.5 Å². The lowest BCUT2D eigenvalue weighted by molar-refractivity contribution is -0.142. The molecule has 0 spiro atoms. The second kappa shape index (κ2) is 6.95. The maximum Gasteiger partial charge on any atom is 0.326 e. The minimum absolute atomic E-state index is 0.0159. The first-order valence-corrected chi connectivity index (χ1v) is 8.07. The second-order valence-corrected chi connectivity index (χ2v) is 6.35. The number of rotatable bonds is 4. The number of carboxylic acids is 1. The third-order valence-corrected chi connectivity index (χ3v) is 4.35. The molecule has 0 saturated heterocycles. The van der Waals surface area contributed by atoms with Crippen LogP contribution in [0.1, 0.15) is 21.6 Å². The highest BCUT2D eigenvalue weighted by Gasteiger charge is 2.36. The molecule has 0 bridgehead atoms. The van der Waals surface area contributed by atoms with Crippen molar-refractivity contribution in [2.24, 2.45) is 0 Å². The van der Waals surface area contributed by atoms with Crippen LogP contribution in [0.5, 0.6) is 0 Å². The molecule has 2 heterocycles. The van der Waals surface area contributed by atoms with Gasteiger partial charge in [-0.05, 0) is 11.1 Å². The van der Waals surface area contributed by atoms with Crippen LogP contribution in [-0.2, 0) is 29.1 Å². The Labute approximate surface area is 149 Å². The summed E-state index contributed by atoms with van der Waals surface area (Å²) in [6.45, 7) is 0.147. The van der Waals surface area contributed by atoms with Gasteiger partial charge in [0.25, 0.3) is 5.91 Å². The molecule has 2 aromatic rings. The Morgan fingerprint density at radius 2 is 1.92 bits per heavy atom. The smallest absolute Gasteiger partial charge is 0.326 e. The summed E-state index contributed by atoms with van der Waals surface area (Å²) in [6.07, 6.45) is 1.60. The zero-order valence-corrected chi connectivity index (χ0v) is 14.5. The number of amides is 2. The molecule has 9 heteroatoms. The summed E-state index contributed by atoms with van der Waals surface area (Å²) in [4.78, 5) is 38.9. The molecule has 9 nitrogen and oxygen atoms in total. The van der Waals surface area contributed by atoms with E-state index in [4.69, 9.17) is 0 Å². The van der Waals surface area contributed by atoms with Crippen molar-refractivity contribution in [3.8, 4) is 0 Å². The number of carboxylic acid groups (broad SMARTS) is 1. The normalized spacial score (nSPS) is 16.1. The minimum atomic E-state index is -1.07. The summed E-state index contributed by atoms with van der Waals surface area (Å²) in [5.74, 6) is -1.78. The number of aliphatic carboxylic acids is 1. The Kier molecular flexibility index (Phi) is 4.70. The van der Waals surface area contributed by atoms with E-state index in [-0.39, 0.29) is 31.1 Å². The van der Waals surface area contributed by atoms with Crippen LogP contribution in [0.25, 0.3) is 0 Å². The van der Waals surface area contributed by atoms with Gasteiger partial charge in [0, 0.05) is 27.1 Å². The Morgan fingerprint density at radius 3 is 2.58 bits per heavy atom. The largest absolute Gasteiger partial charge is 0.480 e. The number of benzene rings is 1. The van der Waals surface area contributed by atoms with Gasteiger partial charge >= 0.3 is 5.97 Å². The van der Waals surface area contributed by atoms with E-state index >= 15 is 0 Å². The molecule has 0 saturated carbocycles. The van der Waals surface area contributed by atoms with Crippen LogP contribution < -0.4 is 0 Å². The molecule has 136 valence electrons. The maximum atomic E-state index is 12.8. The van der Waals surface area contributed by atoms with Gasteiger partial charge in [-0.1, -0.05) is 29.5 Å². The molecular formula is C17H19N5O4. The predicted octanol–water partition coefficient (Wildman–Crippen LogP) is 0.0180. The standard InChI is InChI=1S/C17H19N5O4/c1-20(2)15(23)10-21-9-13(18-19-21)16(24)22-8-12-6-4-3-5-11(12)7-14(22)17(25)26/h3-6,9,14H,7-8,10H2,1-2H3,(H,25,26). The monoisotopic (exact) mass is 357 g/mol. The number of fused-ring (bicyclic) bond motifs is 1. The Balaban J connectivity index is 1.83. The molecule has 2 amide bonds. The van der Waals surface area contributed by atoms with Gasteiger partial charge in [0.2, 0.25) is 5.91 Å². The molecule has 1 aromatic heterocycles. The van der Waals surface area contributed by atoms with E-state index in [0.717, 1.165) is 11.1 Å². The van der Waals surface area contributed by atoms with Gasteiger partial charge < -0.3 is 14.9 Å². The summed E-state index contributed by atoms with van der Waals surface area (Å²) < 4.78 is 1.27. The SMILES string of the molecule is CN(C)C(=O)Cn1cc(C(=O)N2Cc3ccccc3CC2C(=O)O)nn1. The van der Waals surface area contributed by atoms with Gasteiger partial charge in [-0.25, -0.2) is 9.48 Å². The third kappa shape index (κ3) is 3.41. The first-order chi connectivity index (χ1) is 12.4. The average molecular weight is 357 g/mol. The van der Waals surface area contributed by atoms with E-state index in [9.17, 15) is 19.5 Å². The van der Waals surface area contributed by atoms with Crippen LogP contribution in [0, 0.1) is 0 Å². The van der Waals surface area contributed by atoms with E-state index in [1.807, 2.05) is 24.3 Å². The van der Waals surface area contributed by atoms with Gasteiger partial charge in [-0.2, -0.15) is 0 Å². The fraction of sp³-hybridized carbons (Fsp3) is 0.353. The van der Waals surface area contributed by atoms with Crippen molar-refractivity contribution in [3.63, 3.8) is 0 Å². The van der Waals surface area contributed by atoms with Gasteiger partial charge in [0.1, 0.15) is 12.6 Å². The lowest BCUT2D eigenvalue weighted by Gasteiger charge is -2.33. The zero-order valence-electron chi connectivity index (χ0n) is 14.5. The van der Waals surface area contributed by atoms with Crippen LogP contribution in [0.15, 0.2) is 30.5 Å². The van der Waals surface area contributed by atoms with Crippen LogP contribution in [0.2, 0.25) is 0 Å². The molecule has 0 aliphatic carbocycles. The Bertz CT molecular complexity index is 860. The van der Waals surface area contributed by atoms with Crippen molar-refractivity contribution in [1.82, 2.24) is 24.8 Å². The summed E-state index contributed by atoms with van der Waals surface area (Å²) in [6, 6.07) is 6.48. The second-order valence-electron chi connectivity index (χ2n) is 6.35. The van der Waals surface area contributed by atoms with Crippen molar-refractivity contribution in [2.45, 2.75) is 25.6 Å². The van der Waals surface area contributed by atoms with Gasteiger partial charge in [-0.15, -0.1) is 5.10 Å². The number of hydrogen-bond donors (Lipinski definition) is 1. The molecule has 1 aromatic carbocycles. The van der Waals surface area contributed by atoms with E-state index in [1.165, 1.54) is 20.7 Å². The third-order valence-electron chi connectivity index (χ3n) is 4.35. The van der Waals surface area contributed by atoms with Crippen molar-refractivity contribution in [3.05, 3.63) is 47.3 Å². The van der Waals surface area contributed by atoms with E-state index < -0.39 is 17.9 Å². The fourth-order valence-electron chi connectivity index (χ4n) is 2.86. The number of likely N-dealkylation sites (N-methyl/N-ethyl adjacent to an activating group) is 1. The zero-order chi connectivity index (χ0) is 18.8. The summed E-state index contributed by atoms with van der Waals surface area (Å²) in [5.41, 5.74) is 1.85. The molecule has 1 atom stereocenters. The van der Waals surface area contributed by atoms with Crippen molar-refractivity contribution in [2.75, 3.05) is 14.1 Å². The lowest BCUT2D eigenvalue weighted by atomic mass is 9.94.